The number of allylic oxidation sites excluding steroid dienone is 1. The second kappa shape index (κ2) is 10.5. The Balaban J connectivity index is 3.39. The summed E-state index contributed by atoms with van der Waals surface area (Å²) in [5.74, 6) is 0. The first-order valence-corrected chi connectivity index (χ1v) is 5.40. The fourth-order valence-electron chi connectivity index (χ4n) is 1.42. The monoisotopic (exact) mass is 197 g/mol. The van der Waals surface area contributed by atoms with Crippen LogP contribution in [0.15, 0.2) is 25.3 Å². The van der Waals surface area contributed by atoms with Gasteiger partial charge in [0.2, 0.25) is 0 Å². The quantitative estimate of drug-likeness (QED) is 0.429. The molecule has 0 atom stereocenters. The van der Waals surface area contributed by atoms with Crippen LogP contribution in [0.4, 0.5) is 0 Å². The molecule has 0 spiro atoms. The molecule has 0 rings (SSSR count). The number of hydrogen-bond donors (Lipinski definition) is 1. The van der Waals surface area contributed by atoms with Crippen LogP contribution in [-0.2, 0) is 0 Å². The second-order valence-corrected chi connectivity index (χ2v) is 3.45. The molecule has 82 valence electrons. The van der Waals surface area contributed by atoms with Gasteiger partial charge in [-0.3, -0.25) is 4.90 Å². The zero-order valence-corrected chi connectivity index (χ0v) is 9.12. The lowest BCUT2D eigenvalue weighted by molar-refractivity contribution is 0.206. The average Bonchev–Trinajstić information content (AvgIpc) is 2.18. The van der Waals surface area contributed by atoms with Crippen molar-refractivity contribution in [2.75, 3.05) is 26.2 Å². The molecule has 0 saturated carbocycles. The standard InChI is InChI=1S/C12H23NO/c1-3-5-6-7-8-10-13(9-4-2)11-12-14/h3-4,14H,1-2,5-12H2. The third-order valence-corrected chi connectivity index (χ3v) is 2.19. The number of rotatable bonds is 10. The fourth-order valence-corrected chi connectivity index (χ4v) is 1.42. The van der Waals surface area contributed by atoms with Crippen LogP contribution in [0.2, 0.25) is 0 Å². The first-order valence-electron chi connectivity index (χ1n) is 5.40. The van der Waals surface area contributed by atoms with Crippen LogP contribution in [-0.4, -0.2) is 36.2 Å². The van der Waals surface area contributed by atoms with Gasteiger partial charge in [0, 0.05) is 13.1 Å². The van der Waals surface area contributed by atoms with Crippen molar-refractivity contribution in [1.82, 2.24) is 4.90 Å². The molecule has 14 heavy (non-hydrogen) atoms. The molecule has 0 fully saturated rings. The molecule has 1 N–H and O–H groups in total. The number of nitrogens with zero attached hydrogens (tertiary/aromatic N) is 1. The minimum atomic E-state index is 0.237. The van der Waals surface area contributed by atoms with E-state index in [2.05, 4.69) is 18.1 Å². The molecule has 0 bridgehead atoms. The van der Waals surface area contributed by atoms with E-state index in [0.717, 1.165) is 26.1 Å². The molecule has 0 aliphatic carbocycles. The lowest BCUT2D eigenvalue weighted by Gasteiger charge is -2.18. The highest BCUT2D eigenvalue weighted by Crippen LogP contribution is 2.02. The summed E-state index contributed by atoms with van der Waals surface area (Å²) in [5, 5.41) is 8.81. The summed E-state index contributed by atoms with van der Waals surface area (Å²) in [5.41, 5.74) is 0. The zero-order valence-electron chi connectivity index (χ0n) is 9.12. The van der Waals surface area contributed by atoms with Gasteiger partial charge < -0.3 is 5.11 Å². The van der Waals surface area contributed by atoms with Crippen molar-refractivity contribution in [3.05, 3.63) is 25.3 Å². The van der Waals surface area contributed by atoms with Gasteiger partial charge in [-0.15, -0.1) is 13.2 Å². The largest absolute Gasteiger partial charge is 0.395 e. The Morgan fingerprint density at radius 3 is 2.36 bits per heavy atom. The van der Waals surface area contributed by atoms with Crippen molar-refractivity contribution in [1.29, 1.82) is 0 Å². The van der Waals surface area contributed by atoms with E-state index in [-0.39, 0.29) is 6.61 Å². The lowest BCUT2D eigenvalue weighted by atomic mass is 10.2. The van der Waals surface area contributed by atoms with Crippen molar-refractivity contribution < 1.29 is 5.11 Å². The summed E-state index contributed by atoms with van der Waals surface area (Å²) in [6.07, 6.45) is 8.63. The number of aliphatic hydroxyl groups excluding tert-OH is 1. The molecule has 0 aromatic carbocycles. The molecule has 2 nitrogen and oxygen atoms in total. The van der Waals surface area contributed by atoms with Crippen LogP contribution < -0.4 is 0 Å². The summed E-state index contributed by atoms with van der Waals surface area (Å²) >= 11 is 0. The van der Waals surface area contributed by atoms with Gasteiger partial charge in [0.05, 0.1) is 6.61 Å². The van der Waals surface area contributed by atoms with E-state index >= 15 is 0 Å². The van der Waals surface area contributed by atoms with E-state index in [1.54, 1.807) is 0 Å². The van der Waals surface area contributed by atoms with Crippen molar-refractivity contribution in [3.8, 4) is 0 Å². The van der Waals surface area contributed by atoms with E-state index in [1.807, 2.05) is 12.2 Å². The van der Waals surface area contributed by atoms with Gasteiger partial charge in [-0.1, -0.05) is 18.6 Å². The molecule has 0 amide bonds. The first kappa shape index (κ1) is 13.4. The van der Waals surface area contributed by atoms with Crippen molar-refractivity contribution in [3.63, 3.8) is 0 Å². The van der Waals surface area contributed by atoms with E-state index in [9.17, 15) is 0 Å². The van der Waals surface area contributed by atoms with E-state index < -0.39 is 0 Å². The van der Waals surface area contributed by atoms with Gasteiger partial charge in [-0.25, -0.2) is 0 Å². The molecule has 0 aromatic heterocycles. The molecule has 2 heteroatoms. The van der Waals surface area contributed by atoms with E-state index in [1.165, 1.54) is 19.3 Å². The lowest BCUT2D eigenvalue weighted by Crippen LogP contribution is -2.28. The molecular formula is C12H23NO. The van der Waals surface area contributed by atoms with Gasteiger partial charge in [-0.05, 0) is 25.8 Å². The van der Waals surface area contributed by atoms with E-state index in [4.69, 9.17) is 5.11 Å². The van der Waals surface area contributed by atoms with Crippen LogP contribution in [0.3, 0.4) is 0 Å². The normalized spacial score (nSPS) is 10.4. The summed E-state index contributed by atoms with van der Waals surface area (Å²) < 4.78 is 0. The number of unbranched alkanes of at least 4 members (excludes halogenated alkanes) is 3. The maximum absolute atomic E-state index is 8.81. The third kappa shape index (κ3) is 8.02. The first-order chi connectivity index (χ1) is 6.85. The molecule has 0 aromatic rings. The maximum atomic E-state index is 8.81. The molecule has 0 radical (unpaired) electrons. The predicted octanol–water partition coefficient (Wildman–Crippen LogP) is 2.21. The Bertz CT molecular complexity index is 145. The Morgan fingerprint density at radius 1 is 1.00 bits per heavy atom. The van der Waals surface area contributed by atoms with Crippen molar-refractivity contribution >= 4 is 0 Å². The highest BCUT2D eigenvalue weighted by Gasteiger charge is 2.00. The molecule has 0 heterocycles. The van der Waals surface area contributed by atoms with Gasteiger partial charge in [-0.2, -0.15) is 0 Å². The van der Waals surface area contributed by atoms with Crippen molar-refractivity contribution in [2.24, 2.45) is 0 Å². The molecule has 0 aliphatic rings. The smallest absolute Gasteiger partial charge is 0.0558 e. The van der Waals surface area contributed by atoms with E-state index in [0.29, 0.717) is 0 Å². The zero-order chi connectivity index (χ0) is 10.6. The minimum Gasteiger partial charge on any atom is -0.395 e. The highest BCUT2D eigenvalue weighted by atomic mass is 16.3. The molecule has 0 aliphatic heterocycles. The molecular weight excluding hydrogens is 174 g/mol. The Kier molecular flexibility index (Phi) is 10.0. The SMILES string of the molecule is C=CCCCCCN(CC=C)CCO. The van der Waals surface area contributed by atoms with Crippen LogP contribution in [0.1, 0.15) is 25.7 Å². The summed E-state index contributed by atoms with van der Waals surface area (Å²) in [4.78, 5) is 2.22. The molecule has 0 saturated heterocycles. The topological polar surface area (TPSA) is 23.5 Å². The highest BCUT2D eigenvalue weighted by molar-refractivity contribution is 4.73. The number of hydrogen-bond acceptors (Lipinski definition) is 2. The Labute approximate surface area is 87.9 Å². The second-order valence-electron chi connectivity index (χ2n) is 3.45. The number of aliphatic hydroxyl groups is 1. The van der Waals surface area contributed by atoms with Crippen LogP contribution in [0.5, 0.6) is 0 Å². The van der Waals surface area contributed by atoms with Crippen molar-refractivity contribution in [2.45, 2.75) is 25.7 Å². The van der Waals surface area contributed by atoms with Gasteiger partial charge >= 0.3 is 0 Å². The Morgan fingerprint density at radius 2 is 1.79 bits per heavy atom. The van der Waals surface area contributed by atoms with Crippen LogP contribution in [0.25, 0.3) is 0 Å². The van der Waals surface area contributed by atoms with Gasteiger partial charge in [0.15, 0.2) is 0 Å². The summed E-state index contributed by atoms with van der Waals surface area (Å²) in [6.45, 7) is 10.3. The Hall–Kier alpha value is -0.600. The summed E-state index contributed by atoms with van der Waals surface area (Å²) in [7, 11) is 0. The van der Waals surface area contributed by atoms with Crippen LogP contribution in [0, 0.1) is 0 Å². The average molecular weight is 197 g/mol. The maximum Gasteiger partial charge on any atom is 0.0558 e. The molecule has 0 unspecified atom stereocenters. The van der Waals surface area contributed by atoms with Crippen LogP contribution >= 0.6 is 0 Å². The third-order valence-electron chi connectivity index (χ3n) is 2.19. The van der Waals surface area contributed by atoms with Gasteiger partial charge in [0.1, 0.15) is 0 Å². The minimum absolute atomic E-state index is 0.237. The summed E-state index contributed by atoms with van der Waals surface area (Å²) in [6, 6.07) is 0. The predicted molar refractivity (Wildman–Crippen MR) is 62.4 cm³/mol. The fraction of sp³-hybridized carbons (Fsp3) is 0.667. The van der Waals surface area contributed by atoms with Gasteiger partial charge in [0.25, 0.3) is 0 Å².